The van der Waals surface area contributed by atoms with E-state index >= 15 is 0 Å². The van der Waals surface area contributed by atoms with Gasteiger partial charge in [0.2, 0.25) is 21.8 Å². The number of benzene rings is 2. The Bertz CT molecular complexity index is 1170. The van der Waals surface area contributed by atoms with E-state index in [1.165, 1.54) is 29.5 Å². The quantitative estimate of drug-likeness (QED) is 0.656. The first-order valence-corrected chi connectivity index (χ1v) is 13.2. The normalized spacial score (nSPS) is 21.3. The molecule has 182 valence electrons. The summed E-state index contributed by atoms with van der Waals surface area (Å²) in [5, 5.41) is 3.02. The van der Waals surface area contributed by atoms with Gasteiger partial charge in [0.05, 0.1) is 4.90 Å². The second-order valence-electron chi connectivity index (χ2n) is 9.93. The molecule has 1 saturated heterocycles. The second kappa shape index (κ2) is 9.50. The molecular formula is C26H33N3O4S. The minimum atomic E-state index is -3.70. The summed E-state index contributed by atoms with van der Waals surface area (Å²) in [4.78, 5) is 28.9. The standard InChI is InChI=1S/C26H33N3O4S/c1-17(2)13-22-25(30)27-24(21-14-18-9-5-6-10-19(18)15-21)26(31)29(22)16-20-11-7-8-12-23(20)34(32,33)28(3)4/h5-12,17,21-22,24H,13-16H2,1-4H3,(H,27,30)/t22-,24-/m1/s1. The second-order valence-corrected chi connectivity index (χ2v) is 12.1. The molecule has 2 atom stereocenters. The third kappa shape index (κ3) is 4.61. The van der Waals surface area contributed by atoms with Gasteiger partial charge in [-0.3, -0.25) is 9.59 Å². The predicted octanol–water partition coefficient (Wildman–Crippen LogP) is 2.59. The highest BCUT2D eigenvalue weighted by Gasteiger charge is 2.45. The van der Waals surface area contributed by atoms with Gasteiger partial charge in [0.15, 0.2) is 0 Å². The van der Waals surface area contributed by atoms with Crippen molar-refractivity contribution in [3.8, 4) is 0 Å². The van der Waals surface area contributed by atoms with E-state index in [1.54, 1.807) is 29.2 Å². The highest BCUT2D eigenvalue weighted by atomic mass is 32.2. The van der Waals surface area contributed by atoms with Crippen LogP contribution in [0, 0.1) is 11.8 Å². The van der Waals surface area contributed by atoms with E-state index < -0.39 is 22.1 Å². The largest absolute Gasteiger partial charge is 0.342 e. The average molecular weight is 484 g/mol. The van der Waals surface area contributed by atoms with Crippen LogP contribution in [-0.4, -0.2) is 55.6 Å². The number of fused-ring (bicyclic) bond motifs is 1. The van der Waals surface area contributed by atoms with Crippen LogP contribution in [0.2, 0.25) is 0 Å². The summed E-state index contributed by atoms with van der Waals surface area (Å²) in [6, 6.07) is 13.6. The molecule has 1 aliphatic heterocycles. The maximum atomic E-state index is 13.9. The summed E-state index contributed by atoms with van der Waals surface area (Å²) in [7, 11) is -0.726. The van der Waals surface area contributed by atoms with Crippen molar-refractivity contribution in [3.05, 3.63) is 65.2 Å². The van der Waals surface area contributed by atoms with Crippen LogP contribution in [0.5, 0.6) is 0 Å². The number of hydrogen-bond acceptors (Lipinski definition) is 4. The van der Waals surface area contributed by atoms with Gasteiger partial charge < -0.3 is 10.2 Å². The van der Waals surface area contributed by atoms with E-state index in [0.29, 0.717) is 12.0 Å². The van der Waals surface area contributed by atoms with Gasteiger partial charge in [-0.2, -0.15) is 0 Å². The Morgan fingerprint density at radius 3 is 2.18 bits per heavy atom. The van der Waals surface area contributed by atoms with Gasteiger partial charge in [-0.25, -0.2) is 12.7 Å². The number of piperazine rings is 1. The monoisotopic (exact) mass is 483 g/mol. The minimum absolute atomic E-state index is 0.0166. The maximum absolute atomic E-state index is 13.9. The van der Waals surface area contributed by atoms with Gasteiger partial charge in [-0.05, 0) is 53.9 Å². The van der Waals surface area contributed by atoms with Crippen LogP contribution in [0.25, 0.3) is 0 Å². The number of rotatable bonds is 7. The van der Waals surface area contributed by atoms with Gasteiger partial charge >= 0.3 is 0 Å². The van der Waals surface area contributed by atoms with Gasteiger partial charge in [0.25, 0.3) is 0 Å². The smallest absolute Gasteiger partial charge is 0.246 e. The Morgan fingerprint density at radius 1 is 1.00 bits per heavy atom. The molecule has 2 aromatic carbocycles. The summed E-state index contributed by atoms with van der Waals surface area (Å²) in [5.41, 5.74) is 2.95. The molecule has 4 rings (SSSR count). The molecule has 0 saturated carbocycles. The van der Waals surface area contributed by atoms with Gasteiger partial charge in [-0.1, -0.05) is 56.3 Å². The Balaban J connectivity index is 1.67. The van der Waals surface area contributed by atoms with Crippen LogP contribution < -0.4 is 5.32 Å². The number of nitrogens with zero attached hydrogens (tertiary/aromatic N) is 2. The van der Waals surface area contributed by atoms with Gasteiger partial charge in [-0.15, -0.1) is 0 Å². The van der Waals surface area contributed by atoms with E-state index in [2.05, 4.69) is 17.4 Å². The third-order valence-corrected chi connectivity index (χ3v) is 8.76. The van der Waals surface area contributed by atoms with Crippen LogP contribution in [0.1, 0.15) is 37.0 Å². The van der Waals surface area contributed by atoms with Gasteiger partial charge in [0.1, 0.15) is 12.1 Å². The lowest BCUT2D eigenvalue weighted by Gasteiger charge is -2.41. The van der Waals surface area contributed by atoms with Crippen LogP contribution in [-0.2, 0) is 39.0 Å². The van der Waals surface area contributed by atoms with Crippen molar-refractivity contribution < 1.29 is 18.0 Å². The lowest BCUT2D eigenvalue weighted by molar-refractivity contribution is -0.152. The first-order chi connectivity index (χ1) is 16.1. The fraction of sp³-hybridized carbons (Fsp3) is 0.462. The number of hydrogen-bond donors (Lipinski definition) is 1. The predicted molar refractivity (Wildman–Crippen MR) is 130 cm³/mol. The number of nitrogens with one attached hydrogen (secondary N) is 1. The molecule has 1 heterocycles. The van der Waals surface area contributed by atoms with Crippen molar-refractivity contribution in [1.29, 1.82) is 0 Å². The molecule has 34 heavy (non-hydrogen) atoms. The molecule has 7 nitrogen and oxygen atoms in total. The third-order valence-electron chi connectivity index (χ3n) is 6.85. The fourth-order valence-corrected chi connectivity index (χ4v) is 6.18. The van der Waals surface area contributed by atoms with Crippen LogP contribution in [0.3, 0.4) is 0 Å². The van der Waals surface area contributed by atoms with Crippen LogP contribution in [0.4, 0.5) is 0 Å². The summed E-state index contributed by atoms with van der Waals surface area (Å²) >= 11 is 0. The molecule has 1 aliphatic carbocycles. The lowest BCUT2D eigenvalue weighted by atomic mass is 9.90. The zero-order valence-electron chi connectivity index (χ0n) is 20.2. The Hall–Kier alpha value is -2.71. The Morgan fingerprint density at radius 2 is 1.59 bits per heavy atom. The lowest BCUT2D eigenvalue weighted by Crippen LogP contribution is -2.65. The summed E-state index contributed by atoms with van der Waals surface area (Å²) in [5.74, 6) is -0.126. The Kier molecular flexibility index (Phi) is 6.82. The molecule has 0 bridgehead atoms. The first-order valence-electron chi connectivity index (χ1n) is 11.8. The highest BCUT2D eigenvalue weighted by Crippen LogP contribution is 2.32. The van der Waals surface area contributed by atoms with Crippen molar-refractivity contribution in [2.24, 2.45) is 11.8 Å². The molecule has 0 radical (unpaired) electrons. The van der Waals surface area contributed by atoms with E-state index in [4.69, 9.17) is 0 Å². The molecular weight excluding hydrogens is 450 g/mol. The number of amides is 2. The zero-order chi connectivity index (χ0) is 24.6. The van der Waals surface area contributed by atoms with Crippen LogP contribution >= 0.6 is 0 Å². The molecule has 2 aromatic rings. The fourth-order valence-electron chi connectivity index (χ4n) is 5.07. The van der Waals surface area contributed by atoms with E-state index in [1.807, 2.05) is 26.0 Å². The van der Waals surface area contributed by atoms with Crippen molar-refractivity contribution in [2.45, 2.75) is 56.6 Å². The number of carbonyl (C=O) groups is 2. The van der Waals surface area contributed by atoms with Crippen molar-refractivity contribution in [3.63, 3.8) is 0 Å². The molecule has 0 unspecified atom stereocenters. The minimum Gasteiger partial charge on any atom is -0.342 e. The summed E-state index contributed by atoms with van der Waals surface area (Å²) in [6.45, 7) is 4.10. The number of sulfonamides is 1. The topological polar surface area (TPSA) is 86.8 Å². The molecule has 1 fully saturated rings. The average Bonchev–Trinajstić information content (AvgIpc) is 3.22. The highest BCUT2D eigenvalue weighted by molar-refractivity contribution is 7.89. The summed E-state index contributed by atoms with van der Waals surface area (Å²) < 4.78 is 27.1. The van der Waals surface area contributed by atoms with Crippen molar-refractivity contribution in [1.82, 2.24) is 14.5 Å². The molecule has 0 spiro atoms. The molecule has 1 N–H and O–H groups in total. The zero-order valence-corrected chi connectivity index (χ0v) is 21.0. The van der Waals surface area contributed by atoms with Crippen LogP contribution in [0.15, 0.2) is 53.4 Å². The van der Waals surface area contributed by atoms with Crippen molar-refractivity contribution in [2.75, 3.05) is 14.1 Å². The maximum Gasteiger partial charge on any atom is 0.246 e. The van der Waals surface area contributed by atoms with Gasteiger partial charge in [0, 0.05) is 20.6 Å². The molecule has 2 amide bonds. The SMILES string of the molecule is CC(C)C[C@@H]1C(=O)N[C@H](C2Cc3ccccc3C2)C(=O)N1Cc1ccccc1S(=O)(=O)N(C)C. The molecule has 0 aromatic heterocycles. The molecule has 2 aliphatic rings. The van der Waals surface area contributed by atoms with E-state index in [0.717, 1.165) is 12.8 Å². The van der Waals surface area contributed by atoms with E-state index in [-0.39, 0.29) is 35.1 Å². The Labute approximate surface area is 202 Å². The first kappa shape index (κ1) is 24.4. The summed E-state index contributed by atoms with van der Waals surface area (Å²) in [6.07, 6.45) is 1.99. The number of carbonyl (C=O) groups excluding carboxylic acids is 2. The van der Waals surface area contributed by atoms with E-state index in [9.17, 15) is 18.0 Å². The van der Waals surface area contributed by atoms with Crippen molar-refractivity contribution >= 4 is 21.8 Å². The molecule has 8 heteroatoms.